The molecule has 0 aliphatic carbocycles. The van der Waals surface area contributed by atoms with Crippen LogP contribution in [0.3, 0.4) is 0 Å². The van der Waals surface area contributed by atoms with Crippen molar-refractivity contribution >= 4 is 21.4 Å². The molecule has 0 unspecified atom stereocenters. The summed E-state index contributed by atoms with van der Waals surface area (Å²) in [4.78, 5) is 1.53. The number of thiophene rings is 1. The van der Waals surface area contributed by atoms with Crippen LogP contribution < -0.4 is 5.32 Å². The quantitative estimate of drug-likeness (QED) is 0.830. The molecule has 0 radical (unpaired) electrons. The van der Waals surface area contributed by atoms with E-state index < -0.39 is 0 Å². The molecule has 0 saturated heterocycles. The van der Waals surface area contributed by atoms with E-state index in [1.807, 2.05) is 11.3 Å². The Labute approximate surface area is 114 Å². The van der Waals surface area contributed by atoms with Crippen molar-refractivity contribution in [3.05, 3.63) is 33.7 Å². The molecule has 0 fully saturated rings. The van der Waals surface area contributed by atoms with E-state index >= 15 is 0 Å². The minimum absolute atomic E-state index is 1.02. The van der Waals surface area contributed by atoms with Crippen molar-refractivity contribution < 1.29 is 0 Å². The Morgan fingerprint density at radius 2 is 1.94 bits per heavy atom. The van der Waals surface area contributed by atoms with E-state index in [2.05, 4.69) is 45.1 Å². The van der Waals surface area contributed by atoms with Crippen LogP contribution in [0.5, 0.6) is 0 Å². The minimum atomic E-state index is 1.02. The van der Waals surface area contributed by atoms with Crippen molar-refractivity contribution in [2.75, 3.05) is 6.54 Å². The fourth-order valence-electron chi connectivity index (χ4n) is 2.55. The fourth-order valence-corrected chi connectivity index (χ4v) is 3.82. The molecule has 0 saturated carbocycles. The van der Waals surface area contributed by atoms with E-state index in [1.54, 1.807) is 5.56 Å². The Balaban J connectivity index is 2.55. The molecule has 1 heterocycles. The number of aryl methyl sites for hydroxylation is 3. The second-order valence-corrected chi connectivity index (χ2v) is 6.10. The summed E-state index contributed by atoms with van der Waals surface area (Å²) in [6.07, 6.45) is 2.42. The average Bonchev–Trinajstić information content (AvgIpc) is 2.66. The Morgan fingerprint density at radius 3 is 2.61 bits per heavy atom. The van der Waals surface area contributed by atoms with Crippen LogP contribution in [0.1, 0.15) is 41.8 Å². The molecule has 0 spiro atoms. The van der Waals surface area contributed by atoms with Crippen molar-refractivity contribution in [3.63, 3.8) is 0 Å². The van der Waals surface area contributed by atoms with Gasteiger partial charge >= 0.3 is 0 Å². The van der Waals surface area contributed by atoms with E-state index in [0.29, 0.717) is 0 Å². The summed E-state index contributed by atoms with van der Waals surface area (Å²) in [6, 6.07) is 4.66. The van der Waals surface area contributed by atoms with E-state index in [0.717, 1.165) is 13.1 Å². The molecule has 0 atom stereocenters. The van der Waals surface area contributed by atoms with Crippen LogP contribution in [0.4, 0.5) is 0 Å². The lowest BCUT2D eigenvalue weighted by molar-refractivity contribution is 0.728. The average molecular weight is 261 g/mol. The number of hydrogen-bond donors (Lipinski definition) is 1. The third-order valence-corrected chi connectivity index (χ3v) is 4.72. The molecule has 1 N–H and O–H groups in total. The normalized spacial score (nSPS) is 11.3. The first-order chi connectivity index (χ1) is 8.67. The molecule has 2 heteroatoms. The second kappa shape index (κ2) is 5.85. The van der Waals surface area contributed by atoms with Gasteiger partial charge in [0.15, 0.2) is 0 Å². The summed E-state index contributed by atoms with van der Waals surface area (Å²) in [6.45, 7) is 10.9. The topological polar surface area (TPSA) is 12.0 Å². The first-order valence-corrected chi connectivity index (χ1v) is 7.71. The van der Waals surface area contributed by atoms with Gasteiger partial charge in [-0.3, -0.25) is 0 Å². The maximum Gasteiger partial charge on any atom is 0.0378 e. The van der Waals surface area contributed by atoms with Crippen LogP contribution in [0, 0.1) is 13.8 Å². The predicted octanol–water partition coefficient (Wildman–Crippen LogP) is 4.58. The van der Waals surface area contributed by atoms with Gasteiger partial charge in [-0.2, -0.15) is 0 Å². The Kier molecular flexibility index (Phi) is 4.41. The highest BCUT2D eigenvalue weighted by Crippen LogP contribution is 2.35. The van der Waals surface area contributed by atoms with Gasteiger partial charge in [0, 0.05) is 16.1 Å². The predicted molar refractivity (Wildman–Crippen MR) is 82.7 cm³/mol. The molecule has 0 aliphatic rings. The van der Waals surface area contributed by atoms with Crippen LogP contribution in [-0.2, 0) is 13.0 Å². The lowest BCUT2D eigenvalue weighted by Crippen LogP contribution is -2.11. The van der Waals surface area contributed by atoms with Gasteiger partial charge in [0.2, 0.25) is 0 Å². The van der Waals surface area contributed by atoms with Gasteiger partial charge < -0.3 is 5.32 Å². The zero-order valence-electron chi connectivity index (χ0n) is 11.9. The molecule has 1 aromatic carbocycles. The van der Waals surface area contributed by atoms with Crippen molar-refractivity contribution in [1.82, 2.24) is 5.32 Å². The van der Waals surface area contributed by atoms with Crippen molar-refractivity contribution in [2.24, 2.45) is 0 Å². The summed E-state index contributed by atoms with van der Waals surface area (Å²) < 4.78 is 1.48. The van der Waals surface area contributed by atoms with Crippen LogP contribution in [0.25, 0.3) is 10.1 Å². The molecule has 1 nitrogen and oxygen atoms in total. The molecule has 2 aromatic rings. The monoisotopic (exact) mass is 261 g/mol. The number of fused-ring (bicyclic) bond motifs is 1. The zero-order valence-corrected chi connectivity index (χ0v) is 12.7. The highest BCUT2D eigenvalue weighted by atomic mass is 32.1. The lowest BCUT2D eigenvalue weighted by atomic mass is 10.0. The van der Waals surface area contributed by atoms with Gasteiger partial charge in [-0.25, -0.2) is 0 Å². The molecule has 98 valence electrons. The molecule has 1 aromatic heterocycles. The molecule has 0 aliphatic heterocycles. The van der Waals surface area contributed by atoms with E-state index in [4.69, 9.17) is 0 Å². The maximum atomic E-state index is 3.47. The summed E-state index contributed by atoms with van der Waals surface area (Å²) in [5, 5.41) is 4.96. The highest BCUT2D eigenvalue weighted by Gasteiger charge is 2.13. The van der Waals surface area contributed by atoms with Crippen LogP contribution >= 0.6 is 11.3 Å². The van der Waals surface area contributed by atoms with Crippen molar-refractivity contribution in [1.29, 1.82) is 0 Å². The number of nitrogens with one attached hydrogen (secondary N) is 1. The van der Waals surface area contributed by atoms with Crippen LogP contribution in [-0.4, -0.2) is 6.54 Å². The smallest absolute Gasteiger partial charge is 0.0378 e. The van der Waals surface area contributed by atoms with Gasteiger partial charge in [0.25, 0.3) is 0 Å². The fraction of sp³-hybridized carbons (Fsp3) is 0.500. The zero-order chi connectivity index (χ0) is 13.1. The Hall–Kier alpha value is -0.860. The third kappa shape index (κ3) is 2.60. The van der Waals surface area contributed by atoms with E-state index in [1.165, 1.54) is 38.9 Å². The molecular formula is C16H23NS. The summed E-state index contributed by atoms with van der Waals surface area (Å²) >= 11 is 1.98. The third-order valence-electron chi connectivity index (χ3n) is 3.34. The summed E-state index contributed by atoms with van der Waals surface area (Å²) in [5.41, 5.74) is 4.38. The minimum Gasteiger partial charge on any atom is -0.312 e. The molecule has 0 amide bonds. The van der Waals surface area contributed by atoms with Gasteiger partial charge in [0.1, 0.15) is 0 Å². The van der Waals surface area contributed by atoms with Crippen molar-refractivity contribution in [3.8, 4) is 0 Å². The highest BCUT2D eigenvalue weighted by molar-refractivity contribution is 7.19. The molecule has 2 rings (SSSR count). The SMILES string of the molecule is CCCc1c(CNCC)sc2c(C)cc(C)cc12. The van der Waals surface area contributed by atoms with Crippen LogP contribution in [0.15, 0.2) is 12.1 Å². The molecular weight excluding hydrogens is 238 g/mol. The maximum absolute atomic E-state index is 3.47. The van der Waals surface area contributed by atoms with Gasteiger partial charge in [-0.05, 0) is 43.3 Å². The number of hydrogen-bond acceptors (Lipinski definition) is 2. The van der Waals surface area contributed by atoms with Gasteiger partial charge in [-0.1, -0.05) is 38.0 Å². The Bertz CT molecular complexity index is 540. The largest absolute Gasteiger partial charge is 0.312 e. The number of rotatable bonds is 5. The summed E-state index contributed by atoms with van der Waals surface area (Å²) in [7, 11) is 0. The lowest BCUT2D eigenvalue weighted by Gasteiger charge is -2.04. The van der Waals surface area contributed by atoms with Gasteiger partial charge in [-0.15, -0.1) is 11.3 Å². The first-order valence-electron chi connectivity index (χ1n) is 6.89. The van der Waals surface area contributed by atoms with Crippen molar-refractivity contribution in [2.45, 2.75) is 47.1 Å². The van der Waals surface area contributed by atoms with Crippen LogP contribution in [0.2, 0.25) is 0 Å². The standard InChI is InChI=1S/C16H23NS/c1-5-7-13-14-9-11(3)8-12(4)16(14)18-15(13)10-17-6-2/h8-9,17H,5-7,10H2,1-4H3. The second-order valence-electron chi connectivity index (χ2n) is 4.99. The Morgan fingerprint density at radius 1 is 1.17 bits per heavy atom. The number of benzene rings is 1. The van der Waals surface area contributed by atoms with E-state index in [9.17, 15) is 0 Å². The van der Waals surface area contributed by atoms with Gasteiger partial charge in [0.05, 0.1) is 0 Å². The summed E-state index contributed by atoms with van der Waals surface area (Å²) in [5.74, 6) is 0. The molecule has 18 heavy (non-hydrogen) atoms. The van der Waals surface area contributed by atoms with E-state index in [-0.39, 0.29) is 0 Å². The molecule has 0 bridgehead atoms. The first kappa shape index (κ1) is 13.6.